The monoisotopic (exact) mass is 484 g/mol. The molecule has 2 saturated heterocycles. The highest BCUT2D eigenvalue weighted by Crippen LogP contribution is 2.37. The molecular weight excluding hydrogens is 452 g/mol. The number of aliphatic hydroxyl groups is 1. The summed E-state index contributed by atoms with van der Waals surface area (Å²) in [4.78, 5) is 14.6. The maximum atomic E-state index is 10.2. The largest absolute Gasteiger partial charge is 0.494 e. The van der Waals surface area contributed by atoms with Gasteiger partial charge in [-0.25, -0.2) is 9.97 Å². The number of hydrogen-bond acceptors (Lipinski definition) is 7. The maximum absolute atomic E-state index is 10.2. The van der Waals surface area contributed by atoms with E-state index in [-0.39, 0.29) is 11.6 Å². The molecule has 186 valence electrons. The molecule has 6 rings (SSSR count). The first-order valence-electron chi connectivity index (χ1n) is 12.5. The van der Waals surface area contributed by atoms with Crippen LogP contribution in [0.15, 0.2) is 42.6 Å². The zero-order valence-corrected chi connectivity index (χ0v) is 21.2. The number of benzene rings is 1. The number of hydrogen-bond donors (Lipinski definition) is 2. The fourth-order valence-electron chi connectivity index (χ4n) is 5.83. The van der Waals surface area contributed by atoms with Crippen molar-refractivity contribution in [3.8, 4) is 28.3 Å². The highest BCUT2D eigenvalue weighted by molar-refractivity contribution is 5.93. The first-order chi connectivity index (χ1) is 17.4. The lowest BCUT2D eigenvalue weighted by Gasteiger charge is -2.45. The number of aromatic nitrogens is 4. The number of rotatable bonds is 4. The van der Waals surface area contributed by atoms with E-state index < -0.39 is 0 Å². The number of nitrogens with zero attached hydrogens (tertiary/aromatic N) is 5. The van der Waals surface area contributed by atoms with Gasteiger partial charge >= 0.3 is 0 Å². The second-order valence-corrected chi connectivity index (χ2v) is 10.4. The molecule has 0 radical (unpaired) electrons. The van der Waals surface area contributed by atoms with Gasteiger partial charge in [0.1, 0.15) is 28.5 Å². The van der Waals surface area contributed by atoms with Crippen LogP contribution in [0.25, 0.3) is 33.5 Å². The number of methoxy groups -OCH3 is 1. The molecule has 0 bridgehead atoms. The van der Waals surface area contributed by atoms with Gasteiger partial charge in [-0.1, -0.05) is 18.2 Å². The zero-order chi connectivity index (χ0) is 25.0. The van der Waals surface area contributed by atoms with Gasteiger partial charge in [0, 0.05) is 55.1 Å². The van der Waals surface area contributed by atoms with Gasteiger partial charge in [0.15, 0.2) is 0 Å². The van der Waals surface area contributed by atoms with Crippen LogP contribution in [0.3, 0.4) is 0 Å². The molecule has 2 aliphatic rings. The normalized spacial score (nSPS) is 22.2. The maximum Gasteiger partial charge on any atom is 0.147 e. The van der Waals surface area contributed by atoms with E-state index in [4.69, 9.17) is 14.7 Å². The van der Waals surface area contributed by atoms with E-state index in [0.29, 0.717) is 5.75 Å². The Morgan fingerprint density at radius 3 is 2.78 bits per heavy atom. The number of pyridine rings is 2. The van der Waals surface area contributed by atoms with Gasteiger partial charge in [-0.2, -0.15) is 5.10 Å². The minimum atomic E-state index is -0.238. The van der Waals surface area contributed by atoms with E-state index in [1.165, 1.54) is 11.1 Å². The minimum Gasteiger partial charge on any atom is -0.494 e. The number of piperazine rings is 1. The molecule has 2 N–H and O–H groups in total. The van der Waals surface area contributed by atoms with E-state index in [2.05, 4.69) is 71.1 Å². The van der Waals surface area contributed by atoms with Crippen LogP contribution in [-0.2, 0) is 0 Å². The van der Waals surface area contributed by atoms with Crippen LogP contribution in [0.2, 0.25) is 0 Å². The number of anilines is 1. The van der Waals surface area contributed by atoms with Crippen LogP contribution < -0.4 is 9.64 Å². The smallest absolute Gasteiger partial charge is 0.147 e. The molecule has 0 aliphatic carbocycles. The van der Waals surface area contributed by atoms with E-state index in [1.807, 2.05) is 12.3 Å². The summed E-state index contributed by atoms with van der Waals surface area (Å²) in [6, 6.07) is 12.3. The Morgan fingerprint density at radius 1 is 1.14 bits per heavy atom. The first-order valence-corrected chi connectivity index (χ1v) is 12.5. The van der Waals surface area contributed by atoms with Gasteiger partial charge in [-0.05, 0) is 50.5 Å². The summed E-state index contributed by atoms with van der Waals surface area (Å²) in [6.45, 7) is 9.94. The van der Waals surface area contributed by atoms with Crippen molar-refractivity contribution in [2.45, 2.75) is 38.8 Å². The van der Waals surface area contributed by atoms with Gasteiger partial charge in [-0.3, -0.25) is 10.00 Å². The molecule has 36 heavy (non-hydrogen) atoms. The highest BCUT2D eigenvalue weighted by atomic mass is 16.5. The lowest BCUT2D eigenvalue weighted by molar-refractivity contribution is 0.136. The molecule has 3 aromatic heterocycles. The summed E-state index contributed by atoms with van der Waals surface area (Å²) in [5.74, 6) is 1.66. The van der Waals surface area contributed by atoms with Gasteiger partial charge in [0.25, 0.3) is 0 Å². The summed E-state index contributed by atoms with van der Waals surface area (Å²) < 4.78 is 5.70. The van der Waals surface area contributed by atoms with E-state index in [9.17, 15) is 5.11 Å². The summed E-state index contributed by atoms with van der Waals surface area (Å²) in [5, 5.41) is 17.9. The van der Waals surface area contributed by atoms with Crippen LogP contribution in [-0.4, -0.2) is 75.1 Å². The average Bonchev–Trinajstić information content (AvgIpc) is 3.43. The van der Waals surface area contributed by atoms with Crippen molar-refractivity contribution in [1.82, 2.24) is 25.1 Å². The van der Waals surface area contributed by atoms with Crippen LogP contribution in [0.1, 0.15) is 24.5 Å². The third kappa shape index (κ3) is 3.72. The van der Waals surface area contributed by atoms with Crippen LogP contribution >= 0.6 is 0 Å². The lowest BCUT2D eigenvalue weighted by atomic mass is 9.95. The molecule has 5 heterocycles. The highest BCUT2D eigenvalue weighted by Gasteiger charge is 2.45. The molecule has 0 saturated carbocycles. The molecule has 4 aromatic rings. The Balaban J connectivity index is 1.34. The third-order valence-corrected chi connectivity index (χ3v) is 7.97. The Labute approximate surface area is 210 Å². The van der Waals surface area contributed by atoms with Crippen LogP contribution in [0.4, 0.5) is 5.82 Å². The van der Waals surface area contributed by atoms with E-state index in [0.717, 1.165) is 72.0 Å². The minimum absolute atomic E-state index is 0.0102. The van der Waals surface area contributed by atoms with Crippen molar-refractivity contribution in [2.75, 3.05) is 38.2 Å². The van der Waals surface area contributed by atoms with Gasteiger partial charge < -0.3 is 14.7 Å². The van der Waals surface area contributed by atoms with Crippen molar-refractivity contribution in [3.05, 3.63) is 53.7 Å². The predicted molar refractivity (Wildman–Crippen MR) is 141 cm³/mol. The van der Waals surface area contributed by atoms with Gasteiger partial charge in [0.05, 0.1) is 18.7 Å². The molecule has 2 aliphatic heterocycles. The number of ether oxygens (including phenoxy) is 1. The van der Waals surface area contributed by atoms with E-state index >= 15 is 0 Å². The van der Waals surface area contributed by atoms with Crippen molar-refractivity contribution in [1.29, 1.82) is 0 Å². The summed E-state index contributed by atoms with van der Waals surface area (Å²) in [6.07, 6.45) is 2.45. The standard InChI is InChI=1S/C28H32N6O2/c1-17-6-5-7-21(18(17)2)26-23(36-4)12-22-27(30-26)25(32-31-22)19-8-9-24(29-14-19)33-10-11-34-15-20(35)13-28(34,3)16-33/h5-9,12,14,20,35H,10-11,13,15-16H2,1-4H3,(H,31,32)/t20-,28+/m1/s1. The second-order valence-electron chi connectivity index (χ2n) is 10.4. The topological polar surface area (TPSA) is 90.4 Å². The SMILES string of the molecule is COc1cc2[nH]nc(-c3ccc(N4CCN5C[C@H](O)C[C@@]5(C)C4)nc3)c2nc1-c1cccc(C)c1C. The fourth-order valence-corrected chi connectivity index (χ4v) is 5.83. The molecular formula is C28H32N6O2. The Hall–Kier alpha value is -3.49. The Kier molecular flexibility index (Phi) is 5.46. The third-order valence-electron chi connectivity index (χ3n) is 7.97. The van der Waals surface area contributed by atoms with Crippen LogP contribution in [0.5, 0.6) is 5.75 Å². The fraction of sp³-hybridized carbons (Fsp3) is 0.393. The van der Waals surface area contributed by atoms with Crippen molar-refractivity contribution in [2.24, 2.45) is 0 Å². The molecule has 0 amide bonds. The molecule has 8 heteroatoms. The number of aliphatic hydroxyl groups excluding tert-OH is 1. The van der Waals surface area contributed by atoms with Gasteiger partial charge in [-0.15, -0.1) is 0 Å². The molecule has 2 atom stereocenters. The van der Waals surface area contributed by atoms with E-state index in [1.54, 1.807) is 7.11 Å². The van der Waals surface area contributed by atoms with Crippen LogP contribution in [0, 0.1) is 13.8 Å². The number of fused-ring (bicyclic) bond motifs is 2. The Bertz CT molecular complexity index is 1430. The van der Waals surface area contributed by atoms with Gasteiger partial charge in [0.2, 0.25) is 0 Å². The number of aromatic amines is 1. The summed E-state index contributed by atoms with van der Waals surface area (Å²) >= 11 is 0. The summed E-state index contributed by atoms with van der Waals surface area (Å²) in [7, 11) is 1.67. The number of aryl methyl sites for hydroxylation is 1. The zero-order valence-electron chi connectivity index (χ0n) is 21.2. The molecule has 2 fully saturated rings. The number of β-amino-alcohol motifs (C(OH)–C–C–N with tert-alkyl or cyclic N) is 1. The molecule has 0 spiro atoms. The average molecular weight is 485 g/mol. The summed E-state index contributed by atoms with van der Waals surface area (Å²) in [5.41, 5.74) is 7.55. The molecule has 1 aromatic carbocycles. The quantitative estimate of drug-likeness (QED) is 0.453. The number of H-pyrrole nitrogens is 1. The molecule has 0 unspecified atom stereocenters. The second kappa shape index (κ2) is 8.57. The number of nitrogens with one attached hydrogen (secondary N) is 1. The predicted octanol–water partition coefficient (Wildman–Crippen LogP) is 3.96. The van der Waals surface area contributed by atoms with Crippen molar-refractivity contribution < 1.29 is 9.84 Å². The first kappa shape index (κ1) is 22.9. The van der Waals surface area contributed by atoms with Crippen molar-refractivity contribution in [3.63, 3.8) is 0 Å². The van der Waals surface area contributed by atoms with Crippen molar-refractivity contribution >= 4 is 16.9 Å². The molecule has 8 nitrogen and oxygen atoms in total. The Morgan fingerprint density at radius 2 is 2.00 bits per heavy atom. The lowest BCUT2D eigenvalue weighted by Crippen LogP contribution is -2.57.